The van der Waals surface area contributed by atoms with Crippen molar-refractivity contribution in [3.8, 4) is 5.88 Å². The monoisotopic (exact) mass is 357 g/mol. The minimum absolute atomic E-state index is 0.185. The number of nitrogens with one attached hydrogen (secondary N) is 1. The van der Waals surface area contributed by atoms with Crippen molar-refractivity contribution in [3.05, 3.63) is 48.2 Å². The van der Waals surface area contributed by atoms with Crippen molar-refractivity contribution >= 4 is 44.4 Å². The lowest BCUT2D eigenvalue weighted by Gasteiger charge is -2.11. The topological polar surface area (TPSA) is 64.1 Å². The van der Waals surface area contributed by atoms with E-state index in [1.807, 2.05) is 36.0 Å². The number of aromatic nitrogens is 2. The van der Waals surface area contributed by atoms with Crippen molar-refractivity contribution in [2.24, 2.45) is 0 Å². The molecule has 0 spiro atoms. The number of hydrogen-bond acceptors (Lipinski definition) is 6. The molecule has 1 amide bonds. The third-order valence-corrected chi connectivity index (χ3v) is 5.77. The molecule has 1 aromatic carbocycles. The van der Waals surface area contributed by atoms with Gasteiger partial charge in [-0.05, 0) is 30.4 Å². The Morgan fingerprint density at radius 3 is 3.04 bits per heavy atom. The molecule has 7 heteroatoms. The van der Waals surface area contributed by atoms with Crippen molar-refractivity contribution < 1.29 is 9.53 Å². The van der Waals surface area contributed by atoms with Gasteiger partial charge in [-0.1, -0.05) is 23.5 Å². The molecule has 0 saturated carbocycles. The SMILES string of the molecule is O=C(Nc1nc2ccccc2s1)c1ccnc(O[C@H]2CCSC2)c1. The van der Waals surface area contributed by atoms with Crippen LogP contribution in [-0.4, -0.2) is 33.5 Å². The second-order valence-electron chi connectivity index (χ2n) is 5.43. The quantitative estimate of drug-likeness (QED) is 0.769. The molecular formula is C17H15N3O2S2. The smallest absolute Gasteiger partial charge is 0.257 e. The lowest BCUT2D eigenvalue weighted by molar-refractivity contribution is 0.102. The highest BCUT2D eigenvalue weighted by Crippen LogP contribution is 2.26. The molecule has 24 heavy (non-hydrogen) atoms. The summed E-state index contributed by atoms with van der Waals surface area (Å²) in [5, 5.41) is 3.44. The Bertz CT molecular complexity index is 842. The summed E-state index contributed by atoms with van der Waals surface area (Å²) in [6, 6.07) is 11.2. The highest BCUT2D eigenvalue weighted by molar-refractivity contribution is 7.99. The number of pyridine rings is 1. The van der Waals surface area contributed by atoms with E-state index >= 15 is 0 Å². The van der Waals surface area contributed by atoms with Gasteiger partial charge in [0.1, 0.15) is 6.10 Å². The van der Waals surface area contributed by atoms with Crippen LogP contribution in [0.1, 0.15) is 16.8 Å². The molecule has 0 bridgehead atoms. The van der Waals surface area contributed by atoms with E-state index in [-0.39, 0.29) is 12.0 Å². The molecule has 3 heterocycles. The number of fused-ring (bicyclic) bond motifs is 1. The number of carbonyl (C=O) groups excluding carboxylic acids is 1. The zero-order valence-electron chi connectivity index (χ0n) is 12.8. The summed E-state index contributed by atoms with van der Waals surface area (Å²) in [5.74, 6) is 2.38. The second kappa shape index (κ2) is 6.78. The van der Waals surface area contributed by atoms with Gasteiger partial charge in [0.15, 0.2) is 5.13 Å². The van der Waals surface area contributed by atoms with Gasteiger partial charge in [-0.3, -0.25) is 10.1 Å². The first-order valence-electron chi connectivity index (χ1n) is 7.65. The number of ether oxygens (including phenoxy) is 1. The van der Waals surface area contributed by atoms with E-state index in [0.717, 1.165) is 28.1 Å². The standard InChI is InChI=1S/C17H15N3O2S2/c21-16(20-17-19-13-3-1-2-4-14(13)24-17)11-5-7-18-15(9-11)22-12-6-8-23-10-12/h1-5,7,9,12H,6,8,10H2,(H,19,20,21)/t12-/m0/s1. The van der Waals surface area contributed by atoms with Crippen LogP contribution in [0.3, 0.4) is 0 Å². The van der Waals surface area contributed by atoms with E-state index < -0.39 is 0 Å². The number of benzene rings is 1. The Kier molecular flexibility index (Phi) is 4.36. The molecule has 122 valence electrons. The highest BCUT2D eigenvalue weighted by atomic mass is 32.2. The molecule has 1 fully saturated rings. The summed E-state index contributed by atoms with van der Waals surface area (Å²) in [6.45, 7) is 0. The first-order valence-corrected chi connectivity index (χ1v) is 9.62. The van der Waals surface area contributed by atoms with Gasteiger partial charge >= 0.3 is 0 Å². The van der Waals surface area contributed by atoms with E-state index in [1.54, 1.807) is 18.3 Å². The average Bonchev–Trinajstić information content (AvgIpc) is 3.24. The number of nitrogens with zero attached hydrogens (tertiary/aromatic N) is 2. The van der Waals surface area contributed by atoms with Crippen LogP contribution >= 0.6 is 23.1 Å². The van der Waals surface area contributed by atoms with Gasteiger partial charge in [0, 0.05) is 23.6 Å². The third-order valence-electron chi connectivity index (χ3n) is 3.69. The first kappa shape index (κ1) is 15.4. The summed E-state index contributed by atoms with van der Waals surface area (Å²) in [5.41, 5.74) is 1.40. The van der Waals surface area contributed by atoms with Crippen molar-refractivity contribution in [2.45, 2.75) is 12.5 Å². The summed E-state index contributed by atoms with van der Waals surface area (Å²) in [4.78, 5) is 21.1. The molecule has 0 radical (unpaired) electrons. The van der Waals surface area contributed by atoms with E-state index in [1.165, 1.54) is 11.3 Å². The minimum Gasteiger partial charge on any atom is -0.473 e. The number of carbonyl (C=O) groups is 1. The maximum absolute atomic E-state index is 12.4. The van der Waals surface area contributed by atoms with Gasteiger partial charge in [0.25, 0.3) is 5.91 Å². The number of hydrogen-bond donors (Lipinski definition) is 1. The van der Waals surface area contributed by atoms with Gasteiger partial charge in [0.2, 0.25) is 5.88 Å². The summed E-state index contributed by atoms with van der Waals surface area (Å²) in [7, 11) is 0. The molecule has 3 aromatic rings. The maximum atomic E-state index is 12.4. The lowest BCUT2D eigenvalue weighted by Crippen LogP contribution is -2.17. The Labute approximate surface area is 147 Å². The molecule has 2 aromatic heterocycles. The fourth-order valence-corrected chi connectivity index (χ4v) is 4.44. The van der Waals surface area contributed by atoms with Gasteiger partial charge in [-0.2, -0.15) is 11.8 Å². The van der Waals surface area contributed by atoms with Crippen LogP contribution in [0, 0.1) is 0 Å². The van der Waals surface area contributed by atoms with Crippen LogP contribution < -0.4 is 10.1 Å². The van der Waals surface area contributed by atoms with Gasteiger partial charge in [0.05, 0.1) is 10.2 Å². The normalized spacial score (nSPS) is 17.1. The van der Waals surface area contributed by atoms with Crippen molar-refractivity contribution in [1.82, 2.24) is 9.97 Å². The van der Waals surface area contributed by atoms with Gasteiger partial charge in [-0.15, -0.1) is 0 Å². The van der Waals surface area contributed by atoms with E-state index in [2.05, 4.69) is 15.3 Å². The number of thiazole rings is 1. The van der Waals surface area contributed by atoms with Crippen molar-refractivity contribution in [3.63, 3.8) is 0 Å². The van der Waals surface area contributed by atoms with Gasteiger partial charge in [-0.25, -0.2) is 9.97 Å². The predicted octanol–water partition coefficient (Wildman–Crippen LogP) is 3.83. The molecule has 0 aliphatic carbocycles. The second-order valence-corrected chi connectivity index (χ2v) is 7.61. The zero-order valence-corrected chi connectivity index (χ0v) is 14.4. The van der Waals surface area contributed by atoms with Gasteiger partial charge < -0.3 is 4.74 Å². The summed E-state index contributed by atoms with van der Waals surface area (Å²) < 4.78 is 6.89. The fraction of sp³-hybridized carbons (Fsp3) is 0.235. The van der Waals surface area contributed by atoms with E-state index in [9.17, 15) is 4.79 Å². The number of anilines is 1. The Morgan fingerprint density at radius 2 is 2.21 bits per heavy atom. The van der Waals surface area contributed by atoms with E-state index in [0.29, 0.717) is 16.6 Å². The Balaban J connectivity index is 1.49. The first-order chi connectivity index (χ1) is 11.8. The molecule has 4 rings (SSSR count). The Morgan fingerprint density at radius 1 is 1.29 bits per heavy atom. The molecule has 1 aliphatic heterocycles. The number of thioether (sulfide) groups is 1. The van der Waals surface area contributed by atoms with Crippen LogP contribution in [0.4, 0.5) is 5.13 Å². The average molecular weight is 357 g/mol. The molecule has 1 atom stereocenters. The van der Waals surface area contributed by atoms with E-state index in [4.69, 9.17) is 4.74 Å². The van der Waals surface area contributed by atoms with Crippen LogP contribution in [0.2, 0.25) is 0 Å². The Hall–Kier alpha value is -2.12. The van der Waals surface area contributed by atoms with Crippen molar-refractivity contribution in [1.29, 1.82) is 0 Å². The summed E-state index contributed by atoms with van der Waals surface area (Å²) >= 11 is 3.33. The van der Waals surface area contributed by atoms with Crippen LogP contribution in [0.15, 0.2) is 42.6 Å². The van der Waals surface area contributed by atoms with Crippen LogP contribution in [0.5, 0.6) is 5.88 Å². The van der Waals surface area contributed by atoms with Crippen LogP contribution in [0.25, 0.3) is 10.2 Å². The largest absolute Gasteiger partial charge is 0.473 e. The number of amides is 1. The highest BCUT2D eigenvalue weighted by Gasteiger charge is 2.18. The van der Waals surface area contributed by atoms with Crippen LogP contribution in [-0.2, 0) is 0 Å². The summed E-state index contributed by atoms with van der Waals surface area (Å²) in [6.07, 6.45) is 2.81. The molecule has 5 nitrogen and oxygen atoms in total. The molecule has 1 aliphatic rings. The lowest BCUT2D eigenvalue weighted by atomic mass is 10.2. The maximum Gasteiger partial charge on any atom is 0.257 e. The molecular weight excluding hydrogens is 342 g/mol. The predicted molar refractivity (Wildman–Crippen MR) is 98.2 cm³/mol. The molecule has 1 saturated heterocycles. The number of para-hydroxylation sites is 1. The minimum atomic E-state index is -0.206. The zero-order chi connectivity index (χ0) is 16.4. The third kappa shape index (κ3) is 3.37. The molecule has 0 unspecified atom stereocenters. The number of rotatable bonds is 4. The van der Waals surface area contributed by atoms with Crippen molar-refractivity contribution in [2.75, 3.05) is 16.8 Å². The fourth-order valence-electron chi connectivity index (χ4n) is 2.49. The molecule has 1 N–H and O–H groups in total.